The van der Waals surface area contributed by atoms with Crippen molar-refractivity contribution in [2.24, 2.45) is 5.92 Å². The van der Waals surface area contributed by atoms with E-state index in [1.807, 2.05) is 24.3 Å². The van der Waals surface area contributed by atoms with Crippen LogP contribution in [0, 0.1) is 17.2 Å². The smallest absolute Gasteiger partial charge is 0.225 e. The van der Waals surface area contributed by atoms with Crippen molar-refractivity contribution in [3.8, 4) is 6.07 Å². The lowest BCUT2D eigenvalue weighted by Crippen LogP contribution is -2.50. The van der Waals surface area contributed by atoms with Crippen molar-refractivity contribution in [3.63, 3.8) is 0 Å². The molecule has 8 heteroatoms. The Morgan fingerprint density at radius 1 is 1.16 bits per heavy atom. The molecule has 1 aliphatic heterocycles. The van der Waals surface area contributed by atoms with Gasteiger partial charge in [0.15, 0.2) is 0 Å². The van der Waals surface area contributed by atoms with Crippen LogP contribution in [0.2, 0.25) is 0 Å². The Labute approximate surface area is 182 Å². The summed E-state index contributed by atoms with van der Waals surface area (Å²) in [7, 11) is 0. The molecule has 0 spiro atoms. The lowest BCUT2D eigenvalue weighted by Gasteiger charge is -2.37. The lowest BCUT2D eigenvalue weighted by molar-refractivity contribution is -0.136. The van der Waals surface area contributed by atoms with Gasteiger partial charge in [-0.1, -0.05) is 31.4 Å². The minimum atomic E-state index is -0.470. The molecule has 2 N–H and O–H groups in total. The average molecular weight is 423 g/mol. The van der Waals surface area contributed by atoms with Gasteiger partial charge < -0.3 is 20.1 Å². The van der Waals surface area contributed by atoms with Gasteiger partial charge in [0, 0.05) is 32.1 Å². The van der Waals surface area contributed by atoms with Crippen LogP contribution in [0.3, 0.4) is 0 Å². The molecule has 0 radical (unpaired) electrons. The maximum atomic E-state index is 12.6. The summed E-state index contributed by atoms with van der Waals surface area (Å²) in [6.45, 7) is 3.34. The molecular formula is C23H30N6O2. The number of nitriles is 1. The Kier molecular flexibility index (Phi) is 6.40. The van der Waals surface area contributed by atoms with Crippen LogP contribution in [-0.2, 0) is 9.59 Å². The zero-order chi connectivity index (χ0) is 21.7. The highest BCUT2D eigenvalue weighted by Gasteiger charge is 2.42. The summed E-state index contributed by atoms with van der Waals surface area (Å²) in [4.78, 5) is 34.7. The number of amides is 2. The molecule has 2 aliphatic carbocycles. The number of hydrogen-bond donors (Lipinski definition) is 2. The van der Waals surface area contributed by atoms with Crippen LogP contribution in [0.1, 0.15) is 44.9 Å². The number of aromatic nitrogens is 2. The highest BCUT2D eigenvalue weighted by Crippen LogP contribution is 2.33. The third-order valence-corrected chi connectivity index (χ3v) is 6.52. The third kappa shape index (κ3) is 4.98. The number of benzene rings is 1. The molecule has 2 amide bonds. The van der Waals surface area contributed by atoms with E-state index in [2.05, 4.69) is 31.2 Å². The van der Waals surface area contributed by atoms with Gasteiger partial charge in [-0.25, -0.2) is 4.98 Å². The average Bonchev–Trinajstić information content (AvgIpc) is 3.47. The summed E-state index contributed by atoms with van der Waals surface area (Å²) >= 11 is 0. The van der Waals surface area contributed by atoms with Gasteiger partial charge in [-0.05, 0) is 37.8 Å². The second-order valence-electron chi connectivity index (χ2n) is 8.68. The number of carbonyl (C=O) groups excluding carboxylic acids is 2. The molecule has 2 aromatic rings. The van der Waals surface area contributed by atoms with Crippen LogP contribution < -0.4 is 10.2 Å². The number of piperazine rings is 1. The minimum absolute atomic E-state index is 0.279. The van der Waals surface area contributed by atoms with E-state index >= 15 is 0 Å². The molecule has 3 fully saturated rings. The van der Waals surface area contributed by atoms with Crippen LogP contribution in [-0.4, -0.2) is 58.9 Å². The SMILES string of the molecule is N#CC1(NC=O)CC1.O=C(C1CCCCC1)N1CCN(c2nc3ccccc3[nH]2)CC1. The van der Waals surface area contributed by atoms with Gasteiger partial charge in [-0.15, -0.1) is 0 Å². The fourth-order valence-corrected chi connectivity index (χ4v) is 4.36. The van der Waals surface area contributed by atoms with Gasteiger partial charge >= 0.3 is 0 Å². The molecule has 0 unspecified atom stereocenters. The van der Waals surface area contributed by atoms with Gasteiger partial charge in [0.1, 0.15) is 5.54 Å². The molecule has 2 heterocycles. The van der Waals surface area contributed by atoms with Crippen molar-refractivity contribution in [2.75, 3.05) is 31.1 Å². The van der Waals surface area contributed by atoms with Crippen molar-refractivity contribution in [2.45, 2.75) is 50.5 Å². The number of para-hydroxylation sites is 2. The Morgan fingerprint density at radius 2 is 1.87 bits per heavy atom. The molecule has 3 aliphatic rings. The van der Waals surface area contributed by atoms with Crippen molar-refractivity contribution in [1.82, 2.24) is 20.2 Å². The largest absolute Gasteiger partial charge is 0.340 e. The van der Waals surface area contributed by atoms with E-state index in [-0.39, 0.29) is 5.92 Å². The third-order valence-electron chi connectivity index (χ3n) is 6.52. The van der Waals surface area contributed by atoms with E-state index in [9.17, 15) is 9.59 Å². The van der Waals surface area contributed by atoms with Gasteiger partial charge in [-0.2, -0.15) is 5.26 Å². The van der Waals surface area contributed by atoms with E-state index in [0.29, 0.717) is 12.3 Å². The molecule has 31 heavy (non-hydrogen) atoms. The first-order valence-electron chi connectivity index (χ1n) is 11.3. The summed E-state index contributed by atoms with van der Waals surface area (Å²) in [6, 6.07) is 10.1. The van der Waals surface area contributed by atoms with Crippen molar-refractivity contribution in [3.05, 3.63) is 24.3 Å². The number of aromatic amines is 1. The first-order chi connectivity index (χ1) is 15.1. The van der Waals surface area contributed by atoms with Crippen LogP contribution in [0.15, 0.2) is 24.3 Å². The molecular weight excluding hydrogens is 392 g/mol. The second-order valence-corrected chi connectivity index (χ2v) is 8.68. The topological polar surface area (TPSA) is 105 Å². The van der Waals surface area contributed by atoms with Crippen LogP contribution in [0.4, 0.5) is 5.95 Å². The van der Waals surface area contributed by atoms with Gasteiger partial charge in [0.2, 0.25) is 18.3 Å². The van der Waals surface area contributed by atoms with E-state index < -0.39 is 5.54 Å². The number of carbonyl (C=O) groups is 2. The summed E-state index contributed by atoms with van der Waals surface area (Å²) in [6.07, 6.45) is 8.10. The van der Waals surface area contributed by atoms with Crippen molar-refractivity contribution in [1.29, 1.82) is 5.26 Å². The van der Waals surface area contributed by atoms with E-state index in [4.69, 9.17) is 5.26 Å². The molecule has 0 bridgehead atoms. The first kappa shape index (κ1) is 21.2. The number of nitrogens with one attached hydrogen (secondary N) is 2. The van der Waals surface area contributed by atoms with Crippen LogP contribution in [0.5, 0.6) is 0 Å². The number of H-pyrrole nitrogens is 1. The van der Waals surface area contributed by atoms with E-state index in [1.54, 1.807) is 0 Å². The van der Waals surface area contributed by atoms with Crippen LogP contribution >= 0.6 is 0 Å². The summed E-state index contributed by atoms with van der Waals surface area (Å²) in [5.74, 6) is 1.59. The Bertz CT molecular complexity index is 913. The molecule has 5 rings (SSSR count). The number of hydrogen-bond acceptors (Lipinski definition) is 5. The Hall–Kier alpha value is -3.08. The number of rotatable bonds is 4. The van der Waals surface area contributed by atoms with E-state index in [0.717, 1.165) is 68.8 Å². The summed E-state index contributed by atoms with van der Waals surface area (Å²) < 4.78 is 0. The standard InChI is InChI=1S/C18H24N4O.C5H6N2O/c23-17(14-6-2-1-3-7-14)21-10-12-22(13-11-21)18-19-15-8-4-5-9-16(15)20-18;6-3-5(1-2-5)7-4-8/h4-5,8-9,14H,1-3,6-7,10-13H2,(H,19,20);4H,1-2H2,(H,7,8). The number of imidazole rings is 1. The molecule has 0 atom stereocenters. The normalized spacial score (nSPS) is 20.4. The maximum absolute atomic E-state index is 12.6. The quantitative estimate of drug-likeness (QED) is 0.737. The fourth-order valence-electron chi connectivity index (χ4n) is 4.36. The summed E-state index contributed by atoms with van der Waals surface area (Å²) in [5.41, 5.74) is 1.60. The number of anilines is 1. The van der Waals surface area contributed by atoms with Gasteiger partial charge in [0.25, 0.3) is 0 Å². The Morgan fingerprint density at radius 3 is 2.45 bits per heavy atom. The zero-order valence-electron chi connectivity index (χ0n) is 17.8. The van der Waals surface area contributed by atoms with Crippen LogP contribution in [0.25, 0.3) is 11.0 Å². The Balaban J connectivity index is 0.000000245. The predicted molar refractivity (Wildman–Crippen MR) is 118 cm³/mol. The number of fused-ring (bicyclic) bond motifs is 1. The van der Waals surface area contributed by atoms with Gasteiger partial charge in [0.05, 0.1) is 17.1 Å². The monoisotopic (exact) mass is 422 g/mol. The fraction of sp³-hybridized carbons (Fsp3) is 0.565. The highest BCUT2D eigenvalue weighted by atomic mass is 16.2. The predicted octanol–water partition coefficient (Wildman–Crippen LogP) is 2.58. The first-order valence-corrected chi connectivity index (χ1v) is 11.3. The maximum Gasteiger partial charge on any atom is 0.225 e. The van der Waals surface area contributed by atoms with Gasteiger partial charge in [-0.3, -0.25) is 9.59 Å². The van der Waals surface area contributed by atoms with Crippen molar-refractivity contribution < 1.29 is 9.59 Å². The van der Waals surface area contributed by atoms with Crippen molar-refractivity contribution >= 4 is 29.3 Å². The molecule has 8 nitrogen and oxygen atoms in total. The lowest BCUT2D eigenvalue weighted by atomic mass is 9.88. The second kappa shape index (κ2) is 9.38. The molecule has 164 valence electrons. The highest BCUT2D eigenvalue weighted by molar-refractivity contribution is 5.79. The minimum Gasteiger partial charge on any atom is -0.340 e. The zero-order valence-corrected chi connectivity index (χ0v) is 17.8. The summed E-state index contributed by atoms with van der Waals surface area (Å²) in [5, 5.41) is 10.8. The molecule has 1 aromatic carbocycles. The molecule has 2 saturated carbocycles. The van der Waals surface area contributed by atoms with E-state index in [1.165, 1.54) is 19.3 Å². The molecule has 1 aromatic heterocycles. The number of nitrogens with zero attached hydrogens (tertiary/aromatic N) is 4. The molecule has 1 saturated heterocycles.